The Hall–Kier alpha value is -3.54. The minimum atomic E-state index is -0.0997. The molecular formula is C21H17N3O3. The van der Waals surface area contributed by atoms with Gasteiger partial charge < -0.3 is 14.6 Å². The van der Waals surface area contributed by atoms with E-state index in [1.165, 1.54) is 12.1 Å². The number of rotatable bonds is 2. The fourth-order valence-corrected chi connectivity index (χ4v) is 3.57. The zero-order valence-corrected chi connectivity index (χ0v) is 14.9. The van der Waals surface area contributed by atoms with Crippen LogP contribution in [0.4, 0.5) is 0 Å². The predicted octanol–water partition coefficient (Wildman–Crippen LogP) is 4.58. The molecule has 27 heavy (non-hydrogen) atoms. The Morgan fingerprint density at radius 2 is 1.89 bits per heavy atom. The van der Waals surface area contributed by atoms with E-state index in [1.54, 1.807) is 18.2 Å². The van der Waals surface area contributed by atoms with Gasteiger partial charge in [-0.05, 0) is 43.7 Å². The van der Waals surface area contributed by atoms with Crippen molar-refractivity contribution >= 4 is 33.1 Å². The normalized spacial score (nSPS) is 12.0. The van der Waals surface area contributed by atoms with Crippen LogP contribution < -0.4 is 5.43 Å². The van der Waals surface area contributed by atoms with Crippen LogP contribution in [0.3, 0.4) is 0 Å². The summed E-state index contributed by atoms with van der Waals surface area (Å²) in [6.45, 7) is 4.17. The fourth-order valence-electron chi connectivity index (χ4n) is 3.57. The second-order valence-electron chi connectivity index (χ2n) is 6.95. The first-order valence-corrected chi connectivity index (χ1v) is 8.78. The first-order valence-electron chi connectivity index (χ1n) is 8.78. The topological polar surface area (TPSA) is 84.0 Å². The van der Waals surface area contributed by atoms with E-state index in [0.29, 0.717) is 11.2 Å². The number of H-pyrrole nitrogens is 1. The monoisotopic (exact) mass is 359 g/mol. The van der Waals surface area contributed by atoms with Crippen molar-refractivity contribution in [2.75, 3.05) is 0 Å². The van der Waals surface area contributed by atoms with Gasteiger partial charge in [0.15, 0.2) is 16.7 Å². The van der Waals surface area contributed by atoms with Crippen LogP contribution in [0.1, 0.15) is 19.9 Å². The number of phenols is 1. The van der Waals surface area contributed by atoms with Crippen LogP contribution in [0, 0.1) is 0 Å². The molecule has 0 fully saturated rings. The first kappa shape index (κ1) is 15.7. The molecule has 3 heterocycles. The van der Waals surface area contributed by atoms with E-state index in [-0.39, 0.29) is 17.2 Å². The van der Waals surface area contributed by atoms with Crippen LogP contribution in [0.15, 0.2) is 57.9 Å². The van der Waals surface area contributed by atoms with Crippen molar-refractivity contribution < 1.29 is 9.52 Å². The second kappa shape index (κ2) is 5.48. The Labute approximate surface area is 153 Å². The number of benzene rings is 2. The molecule has 6 heteroatoms. The molecular weight excluding hydrogens is 342 g/mol. The van der Waals surface area contributed by atoms with Crippen LogP contribution >= 0.6 is 0 Å². The summed E-state index contributed by atoms with van der Waals surface area (Å²) in [4.78, 5) is 16.6. The summed E-state index contributed by atoms with van der Waals surface area (Å²) >= 11 is 0. The summed E-state index contributed by atoms with van der Waals surface area (Å²) in [5.41, 5.74) is 4.37. The van der Waals surface area contributed by atoms with E-state index in [1.807, 2.05) is 23.0 Å². The zero-order valence-electron chi connectivity index (χ0n) is 14.9. The van der Waals surface area contributed by atoms with E-state index in [4.69, 9.17) is 9.40 Å². The lowest BCUT2D eigenvalue weighted by Gasteiger charge is -2.09. The highest BCUT2D eigenvalue weighted by molar-refractivity contribution is 6.14. The minimum Gasteiger partial charge on any atom is -0.508 e. The highest BCUT2D eigenvalue weighted by atomic mass is 16.3. The van der Waals surface area contributed by atoms with Crippen molar-refractivity contribution in [1.82, 2.24) is 14.8 Å². The number of nitrogens with one attached hydrogen (secondary N) is 1. The average molecular weight is 359 g/mol. The molecule has 5 rings (SSSR count). The molecule has 0 aliphatic carbocycles. The first-order chi connectivity index (χ1) is 13.0. The van der Waals surface area contributed by atoms with E-state index in [9.17, 15) is 9.90 Å². The molecule has 0 radical (unpaired) electrons. The molecule has 0 amide bonds. The van der Waals surface area contributed by atoms with Crippen molar-refractivity contribution in [3.63, 3.8) is 0 Å². The maximum absolute atomic E-state index is 11.8. The van der Waals surface area contributed by atoms with E-state index < -0.39 is 0 Å². The number of furan rings is 1. The number of aromatic nitrogens is 3. The van der Waals surface area contributed by atoms with Gasteiger partial charge in [-0.25, -0.2) is 4.98 Å². The standard InChI is InChI=1S/C21H17N3O3/c1-11(2)24-21-16(10-22-24)18(12-3-5-13(25)6-4-12)20-19(23-21)15-8-7-14(26)9-17(15)27-20/h3-11,22,25H,1-2H3. The Bertz CT molecular complexity index is 1370. The largest absolute Gasteiger partial charge is 0.508 e. The van der Waals surface area contributed by atoms with Crippen molar-refractivity contribution in [1.29, 1.82) is 0 Å². The zero-order chi connectivity index (χ0) is 18.7. The third kappa shape index (κ3) is 2.26. The highest BCUT2D eigenvalue weighted by Gasteiger charge is 2.20. The van der Waals surface area contributed by atoms with Gasteiger partial charge in [-0.15, -0.1) is 0 Å². The van der Waals surface area contributed by atoms with Crippen molar-refractivity contribution in [2.24, 2.45) is 0 Å². The van der Waals surface area contributed by atoms with Gasteiger partial charge in [0.1, 0.15) is 16.8 Å². The molecule has 2 N–H and O–H groups in total. The molecule has 0 saturated carbocycles. The molecule has 0 spiro atoms. The van der Waals surface area contributed by atoms with Gasteiger partial charge >= 0.3 is 0 Å². The number of hydrogen-bond acceptors (Lipinski definition) is 4. The van der Waals surface area contributed by atoms with Crippen molar-refractivity contribution in [2.45, 2.75) is 19.9 Å². The second-order valence-corrected chi connectivity index (χ2v) is 6.95. The van der Waals surface area contributed by atoms with Crippen molar-refractivity contribution in [3.8, 4) is 16.9 Å². The van der Waals surface area contributed by atoms with Crippen LogP contribution in [-0.2, 0) is 0 Å². The molecule has 0 saturated heterocycles. The Balaban J connectivity index is 2.00. The predicted molar refractivity (Wildman–Crippen MR) is 105 cm³/mol. The summed E-state index contributed by atoms with van der Waals surface area (Å²) in [6.07, 6.45) is 1.91. The van der Waals surface area contributed by atoms with Gasteiger partial charge in [0.25, 0.3) is 0 Å². The summed E-state index contributed by atoms with van der Waals surface area (Å²) in [6, 6.07) is 12.0. The van der Waals surface area contributed by atoms with E-state index in [0.717, 1.165) is 33.1 Å². The number of hydrogen-bond donors (Lipinski definition) is 2. The molecule has 6 nitrogen and oxygen atoms in total. The lowest BCUT2D eigenvalue weighted by Crippen LogP contribution is -2.03. The summed E-state index contributed by atoms with van der Waals surface area (Å²) < 4.78 is 8.08. The van der Waals surface area contributed by atoms with E-state index >= 15 is 0 Å². The van der Waals surface area contributed by atoms with Crippen LogP contribution in [0.5, 0.6) is 5.75 Å². The Morgan fingerprint density at radius 3 is 2.63 bits per heavy atom. The lowest BCUT2D eigenvalue weighted by atomic mass is 10.0. The SMILES string of the molecule is CC(C)n1[nH]cc2c(-c3ccc(O)cc3)c3oc4cc(=O)ccc4c3nc21. The number of phenolic OH excluding ortho intramolecular Hbond substituents is 1. The summed E-state index contributed by atoms with van der Waals surface area (Å²) in [5.74, 6) is 0.201. The summed E-state index contributed by atoms with van der Waals surface area (Å²) in [5, 5.41) is 14.7. The van der Waals surface area contributed by atoms with Crippen LogP contribution in [-0.4, -0.2) is 19.9 Å². The molecule has 0 unspecified atom stereocenters. The van der Waals surface area contributed by atoms with Crippen LogP contribution in [0.2, 0.25) is 0 Å². The molecule has 0 atom stereocenters. The van der Waals surface area contributed by atoms with Gasteiger partial charge in [0, 0.05) is 34.6 Å². The molecule has 3 aromatic heterocycles. The highest BCUT2D eigenvalue weighted by Crippen LogP contribution is 2.39. The number of aromatic amines is 1. The Morgan fingerprint density at radius 1 is 1.11 bits per heavy atom. The fraction of sp³-hybridized carbons (Fsp3) is 0.143. The van der Waals surface area contributed by atoms with Gasteiger partial charge in [-0.3, -0.25) is 9.48 Å². The van der Waals surface area contributed by atoms with E-state index in [2.05, 4.69) is 18.9 Å². The minimum absolute atomic E-state index is 0.0997. The lowest BCUT2D eigenvalue weighted by molar-refractivity contribution is 0.475. The van der Waals surface area contributed by atoms with Gasteiger partial charge in [0.05, 0.1) is 0 Å². The molecule has 134 valence electrons. The van der Waals surface area contributed by atoms with Gasteiger partial charge in [0.2, 0.25) is 0 Å². The maximum atomic E-state index is 11.8. The van der Waals surface area contributed by atoms with Crippen molar-refractivity contribution in [3.05, 3.63) is 58.9 Å². The van der Waals surface area contributed by atoms with Crippen LogP contribution in [0.25, 0.3) is 44.2 Å². The number of fused-ring (bicyclic) bond motifs is 4. The Kier molecular flexibility index (Phi) is 3.18. The molecule has 0 bridgehead atoms. The molecule has 0 aliphatic heterocycles. The van der Waals surface area contributed by atoms with Gasteiger partial charge in [-0.2, -0.15) is 0 Å². The number of aromatic hydroxyl groups is 1. The number of pyridine rings is 1. The maximum Gasteiger partial charge on any atom is 0.182 e. The molecule has 2 aromatic carbocycles. The smallest absolute Gasteiger partial charge is 0.182 e. The quantitative estimate of drug-likeness (QED) is 0.483. The molecule has 0 aliphatic rings. The molecule has 5 aromatic rings. The number of nitrogens with zero attached hydrogens (tertiary/aromatic N) is 2. The third-order valence-electron chi connectivity index (χ3n) is 4.84. The third-order valence-corrected chi connectivity index (χ3v) is 4.84. The average Bonchev–Trinajstić information content (AvgIpc) is 3.21. The van der Waals surface area contributed by atoms with Gasteiger partial charge in [-0.1, -0.05) is 12.1 Å². The summed E-state index contributed by atoms with van der Waals surface area (Å²) in [7, 11) is 0.